The van der Waals surface area contributed by atoms with Crippen LogP contribution in [-0.2, 0) is 0 Å². The fourth-order valence-electron chi connectivity index (χ4n) is 1.60. The van der Waals surface area contributed by atoms with Gasteiger partial charge in [0, 0.05) is 18.0 Å². The third-order valence-corrected chi connectivity index (χ3v) is 3.69. The van der Waals surface area contributed by atoms with Gasteiger partial charge in [0.25, 0.3) is 5.56 Å². The molecule has 1 heterocycles. The van der Waals surface area contributed by atoms with E-state index in [1.165, 1.54) is 24.0 Å². The Morgan fingerprint density at radius 1 is 1.63 bits per heavy atom. The van der Waals surface area contributed by atoms with Crippen molar-refractivity contribution >= 4 is 11.8 Å². The van der Waals surface area contributed by atoms with Gasteiger partial charge in [0.2, 0.25) is 0 Å². The number of aromatic amines is 1. The molecule has 0 aliphatic rings. The second-order valence-corrected chi connectivity index (χ2v) is 5.65. The molecule has 19 heavy (non-hydrogen) atoms. The smallest absolute Gasteiger partial charge is 0.251 e. The lowest BCUT2D eigenvalue weighted by Crippen LogP contribution is -2.41. The van der Waals surface area contributed by atoms with Gasteiger partial charge >= 0.3 is 0 Å². The van der Waals surface area contributed by atoms with Crippen LogP contribution >= 0.6 is 11.8 Å². The predicted molar refractivity (Wildman–Crippen MR) is 77.1 cm³/mol. The van der Waals surface area contributed by atoms with E-state index in [-0.39, 0.29) is 5.56 Å². The molecule has 0 aliphatic heterocycles. The topological polar surface area (TPSA) is 81.6 Å². The van der Waals surface area contributed by atoms with Crippen LogP contribution in [0.5, 0.6) is 0 Å². The van der Waals surface area contributed by atoms with Gasteiger partial charge in [0.1, 0.15) is 5.54 Å². The van der Waals surface area contributed by atoms with E-state index in [1.807, 2.05) is 6.92 Å². The Morgan fingerprint density at radius 3 is 3.05 bits per heavy atom. The van der Waals surface area contributed by atoms with Gasteiger partial charge in [-0.25, -0.2) is 4.98 Å². The minimum absolute atomic E-state index is 0.135. The van der Waals surface area contributed by atoms with Gasteiger partial charge in [-0.1, -0.05) is 18.7 Å². The molecule has 0 saturated heterocycles. The highest BCUT2D eigenvalue weighted by atomic mass is 32.2. The first kappa shape index (κ1) is 15.7. The van der Waals surface area contributed by atoms with E-state index in [1.54, 1.807) is 0 Å². The van der Waals surface area contributed by atoms with Crippen molar-refractivity contribution in [1.29, 1.82) is 5.26 Å². The van der Waals surface area contributed by atoms with E-state index in [0.29, 0.717) is 5.16 Å². The molecule has 0 fully saturated rings. The zero-order valence-corrected chi connectivity index (χ0v) is 12.2. The largest absolute Gasteiger partial charge is 0.301 e. The molecule has 5 nitrogen and oxygen atoms in total. The summed E-state index contributed by atoms with van der Waals surface area (Å²) in [5.41, 5.74) is -0.599. The highest BCUT2D eigenvalue weighted by molar-refractivity contribution is 7.99. The molecule has 2 N–H and O–H groups in total. The van der Waals surface area contributed by atoms with E-state index in [0.717, 1.165) is 31.6 Å². The molecule has 0 spiro atoms. The Bertz CT molecular complexity index is 482. The van der Waals surface area contributed by atoms with Gasteiger partial charge in [0.15, 0.2) is 5.16 Å². The molecule has 0 saturated carbocycles. The van der Waals surface area contributed by atoms with Crippen LogP contribution in [-0.4, -0.2) is 27.8 Å². The molecule has 0 amide bonds. The van der Waals surface area contributed by atoms with E-state index in [4.69, 9.17) is 0 Å². The van der Waals surface area contributed by atoms with Crippen molar-refractivity contribution in [1.82, 2.24) is 15.3 Å². The van der Waals surface area contributed by atoms with Crippen LogP contribution in [0.1, 0.15) is 33.1 Å². The van der Waals surface area contributed by atoms with Gasteiger partial charge in [0.05, 0.1) is 6.07 Å². The van der Waals surface area contributed by atoms with E-state index < -0.39 is 5.54 Å². The Balaban J connectivity index is 2.33. The summed E-state index contributed by atoms with van der Waals surface area (Å²) < 4.78 is 0. The molecule has 1 rings (SSSR count). The lowest BCUT2D eigenvalue weighted by Gasteiger charge is -2.22. The maximum absolute atomic E-state index is 11.1. The quantitative estimate of drug-likeness (QED) is 0.432. The highest BCUT2D eigenvalue weighted by Crippen LogP contribution is 2.17. The van der Waals surface area contributed by atoms with Crippen LogP contribution in [0.3, 0.4) is 0 Å². The normalized spacial score (nSPS) is 13.7. The summed E-state index contributed by atoms with van der Waals surface area (Å²) in [6.07, 6.45) is 4.20. The van der Waals surface area contributed by atoms with E-state index in [9.17, 15) is 10.1 Å². The molecule has 1 unspecified atom stereocenters. The van der Waals surface area contributed by atoms with Crippen LogP contribution in [0.4, 0.5) is 0 Å². The molecule has 6 heteroatoms. The third kappa shape index (κ3) is 5.90. The second-order valence-electron chi connectivity index (χ2n) is 4.56. The first-order chi connectivity index (χ1) is 9.09. The van der Waals surface area contributed by atoms with Gasteiger partial charge < -0.3 is 4.98 Å². The van der Waals surface area contributed by atoms with Crippen molar-refractivity contribution in [3.63, 3.8) is 0 Å². The fraction of sp³-hybridized carbons (Fsp3) is 0.615. The minimum Gasteiger partial charge on any atom is -0.301 e. The van der Waals surface area contributed by atoms with Crippen LogP contribution in [0.25, 0.3) is 0 Å². The van der Waals surface area contributed by atoms with Crippen molar-refractivity contribution in [2.24, 2.45) is 0 Å². The van der Waals surface area contributed by atoms with Gasteiger partial charge in [-0.2, -0.15) is 5.26 Å². The number of nitrogens with one attached hydrogen (secondary N) is 2. The average Bonchev–Trinajstić information content (AvgIpc) is 2.42. The molecule has 1 atom stereocenters. The number of nitriles is 1. The Labute approximate surface area is 117 Å². The summed E-state index contributed by atoms with van der Waals surface area (Å²) in [7, 11) is 0. The van der Waals surface area contributed by atoms with Gasteiger partial charge in [-0.15, -0.1) is 0 Å². The van der Waals surface area contributed by atoms with Crippen molar-refractivity contribution in [3.8, 4) is 6.07 Å². The summed E-state index contributed by atoms with van der Waals surface area (Å²) in [6, 6.07) is 3.72. The van der Waals surface area contributed by atoms with Crippen molar-refractivity contribution in [2.45, 2.75) is 43.8 Å². The molecule has 1 aromatic rings. The van der Waals surface area contributed by atoms with Crippen LogP contribution in [0.15, 0.2) is 22.2 Å². The molecule has 0 radical (unpaired) electrons. The minimum atomic E-state index is -0.464. The van der Waals surface area contributed by atoms with Crippen LogP contribution < -0.4 is 10.9 Å². The van der Waals surface area contributed by atoms with E-state index in [2.05, 4.69) is 28.3 Å². The maximum atomic E-state index is 11.1. The monoisotopic (exact) mass is 280 g/mol. The molecule has 1 aromatic heterocycles. The second kappa shape index (κ2) is 7.97. The van der Waals surface area contributed by atoms with Crippen molar-refractivity contribution in [2.75, 3.05) is 12.3 Å². The Kier molecular flexibility index (Phi) is 6.60. The number of rotatable bonds is 8. The van der Waals surface area contributed by atoms with Crippen LogP contribution in [0.2, 0.25) is 0 Å². The Hall–Kier alpha value is -1.32. The number of hydrogen-bond acceptors (Lipinski definition) is 5. The molecular weight excluding hydrogens is 260 g/mol. The number of thioether (sulfide) groups is 1. The SMILES string of the molecule is CCCNC(C)(C#N)CCCSc1nccc(=O)[nH]1. The number of H-pyrrole nitrogens is 1. The summed E-state index contributed by atoms with van der Waals surface area (Å²) in [6.45, 7) is 4.86. The highest BCUT2D eigenvalue weighted by Gasteiger charge is 2.21. The van der Waals surface area contributed by atoms with Gasteiger partial charge in [-0.3, -0.25) is 10.1 Å². The third-order valence-electron chi connectivity index (χ3n) is 2.72. The van der Waals surface area contributed by atoms with E-state index >= 15 is 0 Å². The Morgan fingerprint density at radius 2 is 2.42 bits per heavy atom. The van der Waals surface area contributed by atoms with Gasteiger partial charge in [-0.05, 0) is 32.7 Å². The summed E-state index contributed by atoms with van der Waals surface area (Å²) in [4.78, 5) is 17.8. The molecule has 0 bridgehead atoms. The zero-order valence-electron chi connectivity index (χ0n) is 11.4. The first-order valence-electron chi connectivity index (χ1n) is 6.44. The molecule has 0 aromatic carbocycles. The fourth-order valence-corrected chi connectivity index (χ4v) is 2.39. The average molecular weight is 280 g/mol. The lowest BCUT2D eigenvalue weighted by molar-refractivity contribution is 0.415. The standard InChI is InChI=1S/C13H20N4OS/c1-3-7-16-13(2,10-14)6-4-9-19-12-15-8-5-11(18)17-12/h5,8,16H,3-4,6-7,9H2,1-2H3,(H,15,17,18). The van der Waals surface area contributed by atoms with Crippen LogP contribution in [0, 0.1) is 11.3 Å². The zero-order chi connectivity index (χ0) is 14.1. The predicted octanol–water partition coefficient (Wildman–Crippen LogP) is 1.92. The molecule has 104 valence electrons. The van der Waals surface area contributed by atoms with Crippen molar-refractivity contribution in [3.05, 3.63) is 22.6 Å². The molecular formula is C13H20N4OS. The summed E-state index contributed by atoms with van der Waals surface area (Å²) in [5, 5.41) is 13.1. The number of nitrogens with zero attached hydrogens (tertiary/aromatic N) is 2. The maximum Gasteiger partial charge on any atom is 0.251 e. The summed E-state index contributed by atoms with van der Waals surface area (Å²) in [5.74, 6) is 0.831. The summed E-state index contributed by atoms with van der Waals surface area (Å²) >= 11 is 1.51. The first-order valence-corrected chi connectivity index (χ1v) is 7.42. The molecule has 0 aliphatic carbocycles. The number of aromatic nitrogens is 2. The number of hydrogen-bond donors (Lipinski definition) is 2. The lowest BCUT2D eigenvalue weighted by atomic mass is 9.98. The van der Waals surface area contributed by atoms with Crippen molar-refractivity contribution < 1.29 is 0 Å².